The lowest BCUT2D eigenvalue weighted by molar-refractivity contribution is 0.198. The molecule has 0 saturated carbocycles. The van der Waals surface area contributed by atoms with Gasteiger partial charge < -0.3 is 9.84 Å². The first-order valence-electron chi connectivity index (χ1n) is 6.53. The van der Waals surface area contributed by atoms with Crippen molar-refractivity contribution in [2.45, 2.75) is 33.5 Å². The zero-order valence-electron chi connectivity index (χ0n) is 11.7. The van der Waals surface area contributed by atoms with Gasteiger partial charge in [-0.3, -0.25) is 0 Å². The first-order chi connectivity index (χ1) is 9.06. The summed E-state index contributed by atoms with van der Waals surface area (Å²) in [5.41, 5.74) is 4.54. The summed E-state index contributed by atoms with van der Waals surface area (Å²) in [5, 5.41) is 9.56. The van der Waals surface area contributed by atoms with Gasteiger partial charge in [0.1, 0.15) is 12.4 Å². The molecule has 0 heterocycles. The van der Waals surface area contributed by atoms with Gasteiger partial charge in [0.2, 0.25) is 0 Å². The van der Waals surface area contributed by atoms with Crippen LogP contribution in [0.5, 0.6) is 5.75 Å². The Hall–Kier alpha value is -1.80. The van der Waals surface area contributed by atoms with E-state index in [2.05, 4.69) is 32.0 Å². The second kappa shape index (κ2) is 5.89. The highest BCUT2D eigenvalue weighted by molar-refractivity contribution is 5.32. The highest BCUT2D eigenvalue weighted by Crippen LogP contribution is 2.20. The molecule has 2 rings (SSSR count). The summed E-state index contributed by atoms with van der Waals surface area (Å²) in [7, 11) is 0. The molecule has 100 valence electrons. The number of aliphatic hydroxyl groups is 1. The summed E-state index contributed by atoms with van der Waals surface area (Å²) < 4.78 is 5.81. The fourth-order valence-electron chi connectivity index (χ4n) is 1.98. The van der Waals surface area contributed by atoms with E-state index in [1.165, 1.54) is 16.7 Å². The first kappa shape index (κ1) is 13.6. The van der Waals surface area contributed by atoms with Crippen LogP contribution >= 0.6 is 0 Å². The smallest absolute Gasteiger partial charge is 0.120 e. The van der Waals surface area contributed by atoms with Crippen LogP contribution in [-0.4, -0.2) is 5.11 Å². The third-order valence-corrected chi connectivity index (χ3v) is 3.24. The Bertz CT molecular complexity index is 559. The molecular weight excluding hydrogens is 236 g/mol. The molecule has 2 aromatic rings. The molecule has 0 fully saturated rings. The molecule has 19 heavy (non-hydrogen) atoms. The molecule has 2 aromatic carbocycles. The first-order valence-corrected chi connectivity index (χ1v) is 6.53. The zero-order valence-corrected chi connectivity index (χ0v) is 11.7. The van der Waals surface area contributed by atoms with E-state index in [1.54, 1.807) is 6.92 Å². The molecule has 0 aliphatic carbocycles. The summed E-state index contributed by atoms with van der Waals surface area (Å²) in [4.78, 5) is 0. The van der Waals surface area contributed by atoms with Crippen molar-refractivity contribution in [1.29, 1.82) is 0 Å². The summed E-state index contributed by atoms with van der Waals surface area (Å²) >= 11 is 0. The number of ether oxygens (including phenoxy) is 1. The van der Waals surface area contributed by atoms with Crippen LogP contribution in [0.1, 0.15) is 35.3 Å². The van der Waals surface area contributed by atoms with E-state index < -0.39 is 6.10 Å². The van der Waals surface area contributed by atoms with Gasteiger partial charge in [0, 0.05) is 0 Å². The molecular formula is C17H20O2. The molecule has 0 bridgehead atoms. The van der Waals surface area contributed by atoms with E-state index >= 15 is 0 Å². The van der Waals surface area contributed by atoms with Gasteiger partial charge in [-0.25, -0.2) is 0 Å². The Balaban J connectivity index is 2.10. The van der Waals surface area contributed by atoms with Crippen molar-refractivity contribution < 1.29 is 9.84 Å². The molecule has 0 amide bonds. The molecule has 0 saturated heterocycles. The third-order valence-electron chi connectivity index (χ3n) is 3.24. The summed E-state index contributed by atoms with van der Waals surface area (Å²) in [6.45, 7) is 6.47. The molecule has 0 spiro atoms. The second-order valence-corrected chi connectivity index (χ2v) is 4.97. The maximum Gasteiger partial charge on any atom is 0.120 e. The fourth-order valence-corrected chi connectivity index (χ4v) is 1.98. The normalized spacial score (nSPS) is 12.2. The predicted octanol–water partition coefficient (Wildman–Crippen LogP) is 3.94. The predicted molar refractivity (Wildman–Crippen MR) is 77.3 cm³/mol. The average molecular weight is 256 g/mol. The van der Waals surface area contributed by atoms with Gasteiger partial charge in [-0.05, 0) is 49.6 Å². The van der Waals surface area contributed by atoms with Crippen LogP contribution in [0.3, 0.4) is 0 Å². The van der Waals surface area contributed by atoms with E-state index in [4.69, 9.17) is 4.74 Å². The van der Waals surface area contributed by atoms with Crippen molar-refractivity contribution in [2.24, 2.45) is 0 Å². The maximum absolute atomic E-state index is 9.56. The Kier molecular flexibility index (Phi) is 4.23. The standard InChI is InChI=1S/C17H20O2/c1-12-7-8-13(2)16(9-12)11-19-17-6-4-5-15(10-17)14(3)18/h4-10,14,18H,11H2,1-3H3/t14-/m0/s1. The molecule has 0 unspecified atom stereocenters. The summed E-state index contributed by atoms with van der Waals surface area (Å²) in [6, 6.07) is 14.0. The minimum Gasteiger partial charge on any atom is -0.489 e. The van der Waals surface area contributed by atoms with Crippen molar-refractivity contribution in [3.8, 4) is 5.75 Å². The van der Waals surface area contributed by atoms with Crippen LogP contribution in [0.15, 0.2) is 42.5 Å². The zero-order chi connectivity index (χ0) is 13.8. The molecule has 0 aromatic heterocycles. The average Bonchev–Trinajstić information content (AvgIpc) is 2.40. The van der Waals surface area contributed by atoms with Crippen molar-refractivity contribution in [1.82, 2.24) is 0 Å². The highest BCUT2D eigenvalue weighted by Gasteiger charge is 2.04. The van der Waals surface area contributed by atoms with Crippen LogP contribution in [0.4, 0.5) is 0 Å². The molecule has 0 aliphatic rings. The Morgan fingerprint density at radius 1 is 1.11 bits per heavy atom. The number of rotatable bonds is 4. The monoisotopic (exact) mass is 256 g/mol. The summed E-state index contributed by atoms with van der Waals surface area (Å²) in [5.74, 6) is 0.791. The molecule has 0 radical (unpaired) electrons. The van der Waals surface area contributed by atoms with Crippen molar-refractivity contribution >= 4 is 0 Å². The molecule has 1 atom stereocenters. The quantitative estimate of drug-likeness (QED) is 0.898. The number of hydrogen-bond acceptors (Lipinski definition) is 2. The van der Waals surface area contributed by atoms with Gasteiger partial charge in [-0.1, -0.05) is 35.9 Å². The molecule has 1 N–H and O–H groups in total. The van der Waals surface area contributed by atoms with Crippen LogP contribution in [0.2, 0.25) is 0 Å². The van der Waals surface area contributed by atoms with Gasteiger partial charge in [0.25, 0.3) is 0 Å². The van der Waals surface area contributed by atoms with Crippen molar-refractivity contribution in [3.05, 3.63) is 64.7 Å². The number of aliphatic hydroxyl groups excluding tert-OH is 1. The molecule has 2 nitrogen and oxygen atoms in total. The van der Waals surface area contributed by atoms with E-state index in [0.29, 0.717) is 6.61 Å². The Morgan fingerprint density at radius 3 is 2.63 bits per heavy atom. The fraction of sp³-hybridized carbons (Fsp3) is 0.294. The van der Waals surface area contributed by atoms with Crippen LogP contribution < -0.4 is 4.74 Å². The number of aryl methyl sites for hydroxylation is 2. The number of benzene rings is 2. The van der Waals surface area contributed by atoms with Gasteiger partial charge in [-0.2, -0.15) is 0 Å². The summed E-state index contributed by atoms with van der Waals surface area (Å²) in [6.07, 6.45) is -0.468. The van der Waals surface area contributed by atoms with Crippen LogP contribution in [-0.2, 0) is 6.61 Å². The van der Waals surface area contributed by atoms with E-state index in [0.717, 1.165) is 11.3 Å². The van der Waals surface area contributed by atoms with E-state index in [9.17, 15) is 5.11 Å². The van der Waals surface area contributed by atoms with Crippen LogP contribution in [0.25, 0.3) is 0 Å². The minimum atomic E-state index is -0.468. The van der Waals surface area contributed by atoms with Gasteiger partial charge in [-0.15, -0.1) is 0 Å². The lowest BCUT2D eigenvalue weighted by atomic mass is 10.1. The van der Waals surface area contributed by atoms with E-state index in [1.807, 2.05) is 24.3 Å². The third kappa shape index (κ3) is 3.58. The highest BCUT2D eigenvalue weighted by atomic mass is 16.5. The van der Waals surface area contributed by atoms with Gasteiger partial charge >= 0.3 is 0 Å². The SMILES string of the molecule is Cc1ccc(C)c(COc2cccc([C@H](C)O)c2)c1. The number of hydrogen-bond donors (Lipinski definition) is 1. The van der Waals surface area contributed by atoms with Crippen molar-refractivity contribution in [3.63, 3.8) is 0 Å². The Morgan fingerprint density at radius 2 is 1.89 bits per heavy atom. The Labute approximate surface area is 114 Å². The van der Waals surface area contributed by atoms with Crippen molar-refractivity contribution in [2.75, 3.05) is 0 Å². The molecule has 0 aliphatic heterocycles. The second-order valence-electron chi connectivity index (χ2n) is 4.97. The van der Waals surface area contributed by atoms with Gasteiger partial charge in [0.15, 0.2) is 0 Å². The molecule has 2 heteroatoms. The van der Waals surface area contributed by atoms with Gasteiger partial charge in [0.05, 0.1) is 6.10 Å². The lowest BCUT2D eigenvalue weighted by Crippen LogP contribution is -1.99. The van der Waals surface area contributed by atoms with E-state index in [-0.39, 0.29) is 0 Å². The lowest BCUT2D eigenvalue weighted by Gasteiger charge is -2.11. The topological polar surface area (TPSA) is 29.5 Å². The minimum absolute atomic E-state index is 0.468. The van der Waals surface area contributed by atoms with Crippen LogP contribution in [0, 0.1) is 13.8 Å². The largest absolute Gasteiger partial charge is 0.489 e. The maximum atomic E-state index is 9.56.